The molecule has 19 heteroatoms. The molecule has 342 valence electrons. The van der Waals surface area contributed by atoms with Gasteiger partial charge in [-0.1, -0.05) is 98.8 Å². The van der Waals surface area contributed by atoms with Crippen LogP contribution < -0.4 is 0 Å². The molecule has 0 aromatic carbocycles. The van der Waals surface area contributed by atoms with Gasteiger partial charge in [-0.3, -0.25) is 0 Å². The first-order valence-electron chi connectivity index (χ1n) is 17.4. The number of hydrogen-bond donors (Lipinski definition) is 0. The van der Waals surface area contributed by atoms with Crippen LogP contribution in [0.25, 0.3) is 0 Å². The second-order valence-electron chi connectivity index (χ2n) is 10.5. The zero-order chi connectivity index (χ0) is 47.9. The first kappa shape index (κ1) is 73.6. The molecule has 0 spiro atoms. The molecule has 0 saturated heterocycles. The van der Waals surface area contributed by atoms with Crippen molar-refractivity contribution in [1.29, 1.82) is 0 Å². The van der Waals surface area contributed by atoms with Gasteiger partial charge in [0.1, 0.15) is 0 Å². The summed E-state index contributed by atoms with van der Waals surface area (Å²) in [4.78, 5) is 11.0. The van der Waals surface area contributed by atoms with E-state index in [1.54, 1.807) is 72.9 Å². The summed E-state index contributed by atoms with van der Waals surface area (Å²) in [5.74, 6) is 0. The summed E-state index contributed by atoms with van der Waals surface area (Å²) in [6.07, 6.45) is 21.2. The van der Waals surface area contributed by atoms with Gasteiger partial charge in [0.15, 0.2) is 0 Å². The molecule has 0 fully saturated rings. The molecule has 0 aliphatic heterocycles. The van der Waals surface area contributed by atoms with Gasteiger partial charge >= 0.3 is 0 Å². The van der Waals surface area contributed by atoms with Crippen molar-refractivity contribution < 1.29 is 21.1 Å². The van der Waals surface area contributed by atoms with Crippen LogP contribution in [0.2, 0.25) is 0 Å². The summed E-state index contributed by atoms with van der Waals surface area (Å²) in [6, 6.07) is 0. The molecular weight excluding hydrogens is 1070 g/mol. The van der Waals surface area contributed by atoms with Gasteiger partial charge < -0.3 is 178 Å². The summed E-state index contributed by atoms with van der Waals surface area (Å²) >= 11 is 57.5. The van der Waals surface area contributed by atoms with E-state index in [9.17, 15) is 0 Å². The van der Waals surface area contributed by atoms with E-state index < -0.39 is 0 Å². The third-order valence-corrected chi connectivity index (χ3v) is 8.84. The van der Waals surface area contributed by atoms with Crippen molar-refractivity contribution in [2.24, 2.45) is 0 Å². The predicted molar refractivity (Wildman–Crippen MR) is 312 cm³/mol. The molecule has 0 N–H and O–H groups in total. The summed E-state index contributed by atoms with van der Waals surface area (Å²) in [7, 11) is 0. The molecule has 0 bridgehead atoms. The Labute approximate surface area is 450 Å². The largest absolute Gasteiger partial charge is 0.411 e. The van der Waals surface area contributed by atoms with E-state index in [-0.39, 0.29) is 21.1 Å². The van der Waals surface area contributed by atoms with Crippen molar-refractivity contribution in [1.82, 2.24) is 29.4 Å². The third-order valence-electron chi connectivity index (χ3n) is 5.74. The van der Waals surface area contributed by atoms with E-state index in [4.69, 9.17) is 149 Å². The van der Waals surface area contributed by atoms with Crippen molar-refractivity contribution in [2.75, 3.05) is 78.5 Å². The van der Waals surface area contributed by atoms with Gasteiger partial charge in [-0.2, -0.15) is 0 Å². The Bertz CT molecular complexity index is 1070. The zero-order valence-electron chi connectivity index (χ0n) is 34.9. The first-order chi connectivity index (χ1) is 28.3. The molecule has 0 aromatic rings. The standard InChI is InChI=1S/6C7H11NS2.Mo/c6*1-3-5-8(6-4-2)7(9)10;/h6*3-4H,1-2,5-6H2,(H,9,10);/p-6. The van der Waals surface area contributed by atoms with Crippen LogP contribution in [0.15, 0.2) is 152 Å². The minimum absolute atomic E-state index is 0. The zero-order valence-corrected chi connectivity index (χ0v) is 46.7. The van der Waals surface area contributed by atoms with Crippen LogP contribution in [0.1, 0.15) is 0 Å². The molecule has 0 saturated carbocycles. The van der Waals surface area contributed by atoms with Gasteiger partial charge in [-0.05, 0) is 0 Å². The van der Waals surface area contributed by atoms with Crippen LogP contribution in [-0.2, 0) is 96.8 Å². The summed E-state index contributed by atoms with van der Waals surface area (Å²) in [6.45, 7) is 51.4. The minimum Gasteiger partial charge on any atom is -0.411 e. The van der Waals surface area contributed by atoms with Crippen LogP contribution in [0.5, 0.6) is 0 Å². The van der Waals surface area contributed by atoms with Crippen LogP contribution >= 0.6 is 73.3 Å². The Hall–Kier alpha value is -1.77. The molecule has 0 aliphatic carbocycles. The van der Waals surface area contributed by atoms with E-state index in [0.29, 0.717) is 104 Å². The number of nitrogens with zero attached hydrogens (tertiary/aromatic N) is 6. The number of thiocarbonyl (C=S) groups is 6. The van der Waals surface area contributed by atoms with E-state index in [0.717, 1.165) is 0 Å². The average Bonchev–Trinajstić information content (AvgIpc) is 3.18. The fourth-order valence-corrected chi connectivity index (χ4v) is 5.00. The van der Waals surface area contributed by atoms with E-state index in [1.165, 1.54) is 0 Å². The van der Waals surface area contributed by atoms with Crippen LogP contribution in [0, 0.1) is 0 Å². The fraction of sp³-hybridized carbons (Fsp3) is 0.286. The van der Waals surface area contributed by atoms with E-state index in [1.807, 2.05) is 29.4 Å². The monoisotopic (exact) mass is 1130 g/mol. The Morgan fingerprint density at radius 3 is 0.344 bits per heavy atom. The third kappa shape index (κ3) is 54.3. The second kappa shape index (κ2) is 56.2. The molecule has 0 rings (SSSR count). The summed E-state index contributed by atoms with van der Waals surface area (Å²) in [5, 5.41) is 0. The molecule has 0 aliphatic rings. The Morgan fingerprint density at radius 2 is 0.311 bits per heavy atom. The van der Waals surface area contributed by atoms with Gasteiger partial charge in [-0.15, -0.1) is 78.9 Å². The Balaban J connectivity index is -0.000000114. The van der Waals surface area contributed by atoms with Crippen molar-refractivity contribution in [2.45, 2.75) is 0 Å². The molecule has 0 amide bonds. The maximum Gasteiger partial charge on any atom is 0.0344 e. The molecular formula is C42H60MoN6S12-6. The van der Waals surface area contributed by atoms with Gasteiger partial charge in [0.25, 0.3) is 0 Å². The topological polar surface area (TPSA) is 19.4 Å². The van der Waals surface area contributed by atoms with Crippen LogP contribution in [0.3, 0.4) is 0 Å². The van der Waals surface area contributed by atoms with Crippen LogP contribution in [-0.4, -0.2) is 134 Å². The van der Waals surface area contributed by atoms with E-state index in [2.05, 4.69) is 78.9 Å². The maximum absolute atomic E-state index is 4.79. The fourth-order valence-electron chi connectivity index (χ4n) is 3.21. The van der Waals surface area contributed by atoms with Gasteiger partial charge in [0, 0.05) is 99.6 Å². The Morgan fingerprint density at radius 1 is 0.246 bits per heavy atom. The SMILES string of the molecule is C=CCN(CC=C)C(=S)[S-].C=CCN(CC=C)C(=S)[S-].C=CCN(CC=C)C(=S)[S-].C=CCN(CC=C)C(=S)[S-].C=CCN(CC=C)C(=S)[S-].C=CCN(CC=C)C(=S)[S-].[Mo]. The van der Waals surface area contributed by atoms with Crippen LogP contribution in [0.4, 0.5) is 0 Å². The predicted octanol–water partition coefficient (Wildman–Crippen LogP) is 8.95. The summed E-state index contributed by atoms with van der Waals surface area (Å²) in [5.41, 5.74) is 0. The van der Waals surface area contributed by atoms with Gasteiger partial charge in [-0.25, -0.2) is 0 Å². The minimum atomic E-state index is 0. The Kier molecular flexibility index (Phi) is 67.9. The summed E-state index contributed by atoms with van der Waals surface area (Å²) < 4.78 is 2.83. The van der Waals surface area contributed by atoms with Crippen molar-refractivity contribution in [3.8, 4) is 0 Å². The van der Waals surface area contributed by atoms with E-state index >= 15 is 0 Å². The molecule has 0 heterocycles. The molecule has 0 radical (unpaired) electrons. The van der Waals surface area contributed by atoms with Crippen molar-refractivity contribution >= 4 is 175 Å². The quantitative estimate of drug-likeness (QED) is 0.0397. The van der Waals surface area contributed by atoms with Gasteiger partial charge in [0.2, 0.25) is 0 Å². The van der Waals surface area contributed by atoms with Crippen molar-refractivity contribution in [3.05, 3.63) is 152 Å². The maximum atomic E-state index is 4.79. The smallest absolute Gasteiger partial charge is 0.0344 e. The second-order valence-corrected chi connectivity index (χ2v) is 16.7. The molecule has 0 aromatic heterocycles. The molecule has 0 unspecified atom stereocenters. The average molecular weight is 1130 g/mol. The molecule has 0 atom stereocenters. The van der Waals surface area contributed by atoms with Gasteiger partial charge in [0.05, 0.1) is 0 Å². The van der Waals surface area contributed by atoms with Crippen molar-refractivity contribution in [3.63, 3.8) is 0 Å². The molecule has 6 nitrogen and oxygen atoms in total. The normalized spacial score (nSPS) is 8.26. The number of hydrogen-bond acceptors (Lipinski definition) is 12. The number of rotatable bonds is 24. The molecule has 61 heavy (non-hydrogen) atoms. The first-order valence-corrected chi connectivity index (χ1v) is 22.3.